The maximum absolute atomic E-state index is 12.1. The SMILES string of the molecule is CNc1ccc(Cl)c(C(=O)NCC2CCN(C)CC2)n1. The van der Waals surface area contributed by atoms with Crippen LogP contribution in [0.15, 0.2) is 12.1 Å². The maximum Gasteiger partial charge on any atom is 0.271 e. The van der Waals surface area contributed by atoms with Gasteiger partial charge in [0.1, 0.15) is 11.5 Å². The third-order valence-electron chi connectivity index (χ3n) is 3.71. The molecule has 0 bridgehead atoms. The van der Waals surface area contributed by atoms with Crippen LogP contribution in [0.3, 0.4) is 0 Å². The van der Waals surface area contributed by atoms with Gasteiger partial charge in [-0.3, -0.25) is 4.79 Å². The van der Waals surface area contributed by atoms with Gasteiger partial charge in [-0.1, -0.05) is 11.6 Å². The van der Waals surface area contributed by atoms with E-state index in [2.05, 4.69) is 27.6 Å². The third-order valence-corrected chi connectivity index (χ3v) is 4.01. The Kier molecular flexibility index (Phi) is 5.20. The minimum Gasteiger partial charge on any atom is -0.373 e. The molecule has 1 aromatic rings. The molecule has 1 aliphatic heterocycles. The zero-order chi connectivity index (χ0) is 14.5. The van der Waals surface area contributed by atoms with Crippen molar-refractivity contribution in [3.05, 3.63) is 22.8 Å². The van der Waals surface area contributed by atoms with Crippen molar-refractivity contribution in [1.29, 1.82) is 0 Å². The van der Waals surface area contributed by atoms with E-state index < -0.39 is 0 Å². The average Bonchev–Trinajstić information content (AvgIpc) is 2.47. The number of hydrogen-bond donors (Lipinski definition) is 2. The Hall–Kier alpha value is -1.33. The van der Waals surface area contributed by atoms with Gasteiger partial charge in [-0.2, -0.15) is 0 Å². The second kappa shape index (κ2) is 6.90. The number of rotatable bonds is 4. The standard InChI is InChI=1S/C14H21ClN4O/c1-16-12-4-3-11(15)13(18-12)14(20)17-9-10-5-7-19(2)8-6-10/h3-4,10H,5-9H2,1-2H3,(H,16,18)(H,17,20). The molecule has 20 heavy (non-hydrogen) atoms. The van der Waals surface area contributed by atoms with Crippen LogP contribution in [0.4, 0.5) is 5.82 Å². The molecule has 5 nitrogen and oxygen atoms in total. The summed E-state index contributed by atoms with van der Waals surface area (Å²) in [6.07, 6.45) is 2.24. The topological polar surface area (TPSA) is 57.3 Å². The van der Waals surface area contributed by atoms with E-state index in [9.17, 15) is 4.79 Å². The molecule has 0 aromatic carbocycles. The fourth-order valence-corrected chi connectivity index (χ4v) is 2.52. The molecule has 2 rings (SSSR count). The molecule has 1 aromatic heterocycles. The van der Waals surface area contributed by atoms with Crippen LogP contribution in [0, 0.1) is 5.92 Å². The zero-order valence-corrected chi connectivity index (χ0v) is 12.7. The Labute approximate surface area is 124 Å². The lowest BCUT2D eigenvalue weighted by Crippen LogP contribution is -2.37. The number of amides is 1. The van der Waals surface area contributed by atoms with Crippen molar-refractivity contribution >= 4 is 23.3 Å². The number of nitrogens with zero attached hydrogens (tertiary/aromatic N) is 2. The van der Waals surface area contributed by atoms with Gasteiger partial charge < -0.3 is 15.5 Å². The van der Waals surface area contributed by atoms with Gasteiger partial charge in [-0.25, -0.2) is 4.98 Å². The summed E-state index contributed by atoms with van der Waals surface area (Å²) in [4.78, 5) is 18.7. The van der Waals surface area contributed by atoms with Crippen molar-refractivity contribution < 1.29 is 4.79 Å². The highest BCUT2D eigenvalue weighted by Gasteiger charge is 2.19. The molecule has 1 aliphatic rings. The van der Waals surface area contributed by atoms with Crippen molar-refractivity contribution in [2.75, 3.05) is 39.0 Å². The van der Waals surface area contributed by atoms with Gasteiger partial charge in [0.25, 0.3) is 5.91 Å². The molecule has 1 saturated heterocycles. The molecular formula is C14H21ClN4O. The molecule has 6 heteroatoms. The fourth-order valence-electron chi connectivity index (χ4n) is 2.33. The summed E-state index contributed by atoms with van der Waals surface area (Å²) in [6.45, 7) is 2.87. The molecule has 1 fully saturated rings. The lowest BCUT2D eigenvalue weighted by atomic mass is 9.97. The summed E-state index contributed by atoms with van der Waals surface area (Å²) in [5, 5.41) is 6.23. The minimum atomic E-state index is -0.203. The number of piperidine rings is 1. The van der Waals surface area contributed by atoms with E-state index in [-0.39, 0.29) is 11.6 Å². The first-order valence-electron chi connectivity index (χ1n) is 6.91. The minimum absolute atomic E-state index is 0.203. The maximum atomic E-state index is 12.1. The van der Waals surface area contributed by atoms with E-state index in [1.165, 1.54) is 0 Å². The largest absolute Gasteiger partial charge is 0.373 e. The van der Waals surface area contributed by atoms with E-state index in [1.54, 1.807) is 19.2 Å². The molecule has 0 spiro atoms. The Balaban J connectivity index is 1.91. The monoisotopic (exact) mass is 296 g/mol. The number of nitrogens with one attached hydrogen (secondary N) is 2. The number of carbonyl (C=O) groups is 1. The highest BCUT2D eigenvalue weighted by molar-refractivity contribution is 6.33. The van der Waals surface area contributed by atoms with Crippen LogP contribution in [0.2, 0.25) is 5.02 Å². The molecule has 0 unspecified atom stereocenters. The molecule has 2 heterocycles. The Morgan fingerprint density at radius 1 is 1.45 bits per heavy atom. The number of halogens is 1. The van der Waals surface area contributed by atoms with E-state index in [0.717, 1.165) is 25.9 Å². The third kappa shape index (κ3) is 3.84. The van der Waals surface area contributed by atoms with Crippen molar-refractivity contribution in [2.45, 2.75) is 12.8 Å². The molecule has 0 aliphatic carbocycles. The summed E-state index contributed by atoms with van der Waals surface area (Å²) >= 11 is 6.03. The van der Waals surface area contributed by atoms with Crippen molar-refractivity contribution in [3.8, 4) is 0 Å². The summed E-state index contributed by atoms with van der Waals surface area (Å²) in [5.41, 5.74) is 0.284. The lowest BCUT2D eigenvalue weighted by molar-refractivity contribution is 0.0934. The van der Waals surface area contributed by atoms with Gasteiger partial charge in [0.2, 0.25) is 0 Å². The quantitative estimate of drug-likeness (QED) is 0.890. The first-order valence-corrected chi connectivity index (χ1v) is 7.29. The summed E-state index contributed by atoms with van der Waals surface area (Å²) in [5.74, 6) is 0.978. The van der Waals surface area contributed by atoms with E-state index >= 15 is 0 Å². The van der Waals surface area contributed by atoms with Crippen LogP contribution < -0.4 is 10.6 Å². The van der Waals surface area contributed by atoms with Crippen LogP contribution in [0.5, 0.6) is 0 Å². The zero-order valence-electron chi connectivity index (χ0n) is 11.9. The number of likely N-dealkylation sites (tertiary alicyclic amines) is 1. The average molecular weight is 297 g/mol. The number of carbonyl (C=O) groups excluding carboxylic acids is 1. The fraction of sp³-hybridized carbons (Fsp3) is 0.571. The summed E-state index contributed by atoms with van der Waals surface area (Å²) in [7, 11) is 3.89. The second-order valence-electron chi connectivity index (χ2n) is 5.23. The lowest BCUT2D eigenvalue weighted by Gasteiger charge is -2.28. The van der Waals surface area contributed by atoms with Gasteiger partial charge in [-0.05, 0) is 51.0 Å². The highest BCUT2D eigenvalue weighted by Crippen LogP contribution is 2.18. The van der Waals surface area contributed by atoms with Gasteiger partial charge in [0.15, 0.2) is 0 Å². The Morgan fingerprint density at radius 2 is 2.15 bits per heavy atom. The van der Waals surface area contributed by atoms with Crippen molar-refractivity contribution in [3.63, 3.8) is 0 Å². The molecule has 0 saturated carbocycles. The Morgan fingerprint density at radius 3 is 2.80 bits per heavy atom. The summed E-state index contributed by atoms with van der Waals surface area (Å²) < 4.78 is 0. The first kappa shape index (κ1) is 15.1. The van der Waals surface area contributed by atoms with Gasteiger partial charge >= 0.3 is 0 Å². The smallest absolute Gasteiger partial charge is 0.271 e. The highest BCUT2D eigenvalue weighted by atomic mass is 35.5. The summed E-state index contributed by atoms with van der Waals surface area (Å²) in [6, 6.07) is 3.43. The molecule has 0 atom stereocenters. The molecule has 0 radical (unpaired) electrons. The van der Waals surface area contributed by atoms with Crippen LogP contribution in [-0.2, 0) is 0 Å². The number of hydrogen-bond acceptors (Lipinski definition) is 4. The molecule has 1 amide bonds. The van der Waals surface area contributed by atoms with E-state index in [0.29, 0.717) is 23.3 Å². The normalized spacial score (nSPS) is 16.9. The van der Waals surface area contributed by atoms with Crippen LogP contribution in [0.1, 0.15) is 23.3 Å². The number of aromatic nitrogens is 1. The van der Waals surface area contributed by atoms with Crippen molar-refractivity contribution in [2.24, 2.45) is 5.92 Å². The number of anilines is 1. The second-order valence-corrected chi connectivity index (χ2v) is 5.64. The van der Waals surface area contributed by atoms with Gasteiger partial charge in [0.05, 0.1) is 5.02 Å². The molecular weight excluding hydrogens is 276 g/mol. The van der Waals surface area contributed by atoms with Gasteiger partial charge in [-0.15, -0.1) is 0 Å². The van der Waals surface area contributed by atoms with Crippen LogP contribution in [0.25, 0.3) is 0 Å². The predicted molar refractivity (Wildman–Crippen MR) is 81.3 cm³/mol. The van der Waals surface area contributed by atoms with E-state index in [4.69, 9.17) is 11.6 Å². The van der Waals surface area contributed by atoms with Crippen LogP contribution in [-0.4, -0.2) is 49.5 Å². The Bertz CT molecular complexity index is 472. The molecule has 110 valence electrons. The van der Waals surface area contributed by atoms with Gasteiger partial charge in [0, 0.05) is 13.6 Å². The predicted octanol–water partition coefficient (Wildman–Crippen LogP) is 1.85. The van der Waals surface area contributed by atoms with Crippen molar-refractivity contribution in [1.82, 2.24) is 15.2 Å². The number of pyridine rings is 1. The molecule has 2 N–H and O–H groups in total. The van der Waals surface area contributed by atoms with E-state index in [1.807, 2.05) is 0 Å². The van der Waals surface area contributed by atoms with Crippen LogP contribution >= 0.6 is 11.6 Å². The first-order chi connectivity index (χ1) is 9.60.